The predicted octanol–water partition coefficient (Wildman–Crippen LogP) is 6.55. The van der Waals surface area contributed by atoms with Crippen LogP contribution in [0.5, 0.6) is 5.75 Å². The maximum Gasteiger partial charge on any atom is 0.338 e. The van der Waals surface area contributed by atoms with Gasteiger partial charge in [-0.15, -0.1) is 0 Å². The number of aromatic nitrogens is 2. The number of rotatable bonds is 8. The molecule has 0 N–H and O–H groups in total. The van der Waals surface area contributed by atoms with Crippen molar-refractivity contribution in [3.8, 4) is 11.4 Å². The van der Waals surface area contributed by atoms with Crippen LogP contribution in [0.4, 0.5) is 0 Å². The molecule has 1 aliphatic heterocycles. The van der Waals surface area contributed by atoms with Crippen LogP contribution in [-0.2, 0) is 16.1 Å². The molecule has 2 aromatic heterocycles. The fraction of sp³-hybridized carbons (Fsp3) is 0.194. The minimum Gasteiger partial charge on any atom is -0.489 e. The number of halogens is 1. The standard InChI is InChI=1S/C36H32BrN3O4S/c1-5-30-32(35(42)43-4)33(25-9-7-6-8-10-25)40-34(41)31(45-36(40)38-30)20-26-19-22(2)39(23(26)3)28-15-17-29(18-16-28)44-21-24-11-13-27(37)14-12-24/h6-20,33H,5,21H2,1-4H3/b31-20+/t33-/m1/s1. The monoisotopic (exact) mass is 681 g/mol. The zero-order valence-corrected chi connectivity index (χ0v) is 27.8. The third-order valence-electron chi connectivity index (χ3n) is 7.94. The van der Waals surface area contributed by atoms with Gasteiger partial charge in [-0.1, -0.05) is 76.7 Å². The summed E-state index contributed by atoms with van der Waals surface area (Å²) in [6.45, 7) is 6.54. The maximum absolute atomic E-state index is 14.0. The average Bonchev–Trinajstić information content (AvgIpc) is 3.53. The van der Waals surface area contributed by atoms with E-state index in [2.05, 4.69) is 33.5 Å². The van der Waals surface area contributed by atoms with E-state index in [9.17, 15) is 9.59 Å². The van der Waals surface area contributed by atoms with Crippen LogP contribution >= 0.6 is 27.3 Å². The molecule has 3 aromatic carbocycles. The first-order chi connectivity index (χ1) is 21.8. The highest BCUT2D eigenvalue weighted by Crippen LogP contribution is 2.32. The molecule has 0 aliphatic carbocycles. The molecule has 5 aromatic rings. The Morgan fingerprint density at radius 2 is 1.73 bits per heavy atom. The van der Waals surface area contributed by atoms with Crippen LogP contribution in [0.15, 0.2) is 110 Å². The van der Waals surface area contributed by atoms with Gasteiger partial charge in [-0.3, -0.25) is 9.36 Å². The number of fused-ring (bicyclic) bond motifs is 1. The highest BCUT2D eigenvalue weighted by Gasteiger charge is 2.33. The zero-order chi connectivity index (χ0) is 31.7. The van der Waals surface area contributed by atoms with E-state index < -0.39 is 12.0 Å². The lowest BCUT2D eigenvalue weighted by atomic mass is 9.95. The van der Waals surface area contributed by atoms with Crippen molar-refractivity contribution in [3.05, 3.63) is 148 Å². The highest BCUT2D eigenvalue weighted by molar-refractivity contribution is 9.10. The average molecular weight is 683 g/mol. The van der Waals surface area contributed by atoms with Crippen molar-refractivity contribution in [1.29, 1.82) is 0 Å². The third-order valence-corrected chi connectivity index (χ3v) is 9.45. The minimum absolute atomic E-state index is 0.193. The summed E-state index contributed by atoms with van der Waals surface area (Å²) in [5.74, 6) is 0.309. The second-order valence-corrected chi connectivity index (χ2v) is 12.7. The number of benzene rings is 3. The SMILES string of the molecule is CCC1=C(C(=O)OC)[C@@H](c2ccccc2)n2c(s/c(=C/c3cc(C)n(-c4ccc(OCc5ccc(Br)cc5)cc4)c3C)c2=O)=N1. The van der Waals surface area contributed by atoms with Gasteiger partial charge in [-0.25, -0.2) is 9.79 Å². The quantitative estimate of drug-likeness (QED) is 0.174. The highest BCUT2D eigenvalue weighted by atomic mass is 79.9. The van der Waals surface area contributed by atoms with Crippen LogP contribution in [0.25, 0.3) is 11.8 Å². The second kappa shape index (κ2) is 12.9. The lowest BCUT2D eigenvalue weighted by Crippen LogP contribution is -2.40. The molecule has 9 heteroatoms. The summed E-state index contributed by atoms with van der Waals surface area (Å²) < 4.78 is 16.5. The van der Waals surface area contributed by atoms with Gasteiger partial charge in [0, 0.05) is 21.5 Å². The van der Waals surface area contributed by atoms with E-state index >= 15 is 0 Å². The van der Waals surface area contributed by atoms with Gasteiger partial charge in [0.25, 0.3) is 5.56 Å². The summed E-state index contributed by atoms with van der Waals surface area (Å²) in [7, 11) is 1.36. The van der Waals surface area contributed by atoms with Gasteiger partial charge in [-0.05, 0) is 85.5 Å². The topological polar surface area (TPSA) is 74.8 Å². The van der Waals surface area contributed by atoms with Crippen LogP contribution < -0.4 is 19.6 Å². The van der Waals surface area contributed by atoms with Crippen molar-refractivity contribution >= 4 is 39.3 Å². The Balaban J connectivity index is 1.35. The van der Waals surface area contributed by atoms with E-state index in [-0.39, 0.29) is 5.56 Å². The number of esters is 1. The van der Waals surface area contributed by atoms with Crippen molar-refractivity contribution < 1.29 is 14.3 Å². The van der Waals surface area contributed by atoms with E-state index in [4.69, 9.17) is 14.5 Å². The normalized spacial score (nSPS) is 14.7. The fourth-order valence-electron chi connectivity index (χ4n) is 5.73. The van der Waals surface area contributed by atoms with Crippen LogP contribution in [0, 0.1) is 13.8 Å². The molecular weight excluding hydrogens is 650 g/mol. The maximum atomic E-state index is 14.0. The lowest BCUT2D eigenvalue weighted by Gasteiger charge is -2.25. The number of thiazole rings is 1. The second-order valence-electron chi connectivity index (χ2n) is 10.8. The number of aryl methyl sites for hydroxylation is 1. The van der Waals surface area contributed by atoms with Gasteiger partial charge in [0.05, 0.1) is 29.0 Å². The summed E-state index contributed by atoms with van der Waals surface area (Å²) in [6, 6.07) is 27.1. The minimum atomic E-state index is -0.621. The Morgan fingerprint density at radius 3 is 2.40 bits per heavy atom. The van der Waals surface area contributed by atoms with E-state index in [0.29, 0.717) is 33.6 Å². The van der Waals surface area contributed by atoms with E-state index in [1.807, 2.05) is 98.8 Å². The molecule has 0 fully saturated rings. The van der Waals surface area contributed by atoms with Crippen molar-refractivity contribution in [2.45, 2.75) is 39.8 Å². The van der Waals surface area contributed by atoms with Gasteiger partial charge < -0.3 is 14.0 Å². The van der Waals surface area contributed by atoms with Crippen LogP contribution in [-0.4, -0.2) is 22.2 Å². The molecule has 228 valence electrons. The molecule has 0 saturated carbocycles. The molecule has 6 rings (SSSR count). The molecular formula is C36H32BrN3O4S. The molecule has 0 bridgehead atoms. The number of methoxy groups -OCH3 is 1. The smallest absolute Gasteiger partial charge is 0.338 e. The largest absolute Gasteiger partial charge is 0.489 e. The number of ether oxygens (including phenoxy) is 2. The van der Waals surface area contributed by atoms with Gasteiger partial charge in [0.15, 0.2) is 4.80 Å². The molecule has 7 nitrogen and oxygen atoms in total. The third kappa shape index (κ3) is 5.98. The molecule has 1 aliphatic rings. The summed E-state index contributed by atoms with van der Waals surface area (Å²) in [5, 5.41) is 0. The van der Waals surface area contributed by atoms with Crippen molar-refractivity contribution in [2.75, 3.05) is 7.11 Å². The Bertz CT molecular complexity index is 2090. The van der Waals surface area contributed by atoms with Crippen LogP contribution in [0.3, 0.4) is 0 Å². The number of allylic oxidation sites excluding steroid dienone is 1. The Morgan fingerprint density at radius 1 is 1.02 bits per heavy atom. The van der Waals surface area contributed by atoms with E-state index in [1.165, 1.54) is 18.4 Å². The molecule has 0 saturated heterocycles. The molecule has 45 heavy (non-hydrogen) atoms. The lowest BCUT2D eigenvalue weighted by molar-refractivity contribution is -0.136. The van der Waals surface area contributed by atoms with Gasteiger partial charge >= 0.3 is 5.97 Å². The van der Waals surface area contributed by atoms with Crippen molar-refractivity contribution in [1.82, 2.24) is 9.13 Å². The van der Waals surface area contributed by atoms with Crippen molar-refractivity contribution in [2.24, 2.45) is 4.99 Å². The van der Waals surface area contributed by atoms with Gasteiger partial charge in [0.2, 0.25) is 0 Å². The summed E-state index contributed by atoms with van der Waals surface area (Å²) in [5.41, 5.74) is 6.74. The molecule has 0 amide bonds. The van der Waals surface area contributed by atoms with Gasteiger partial charge in [0.1, 0.15) is 12.4 Å². The molecule has 3 heterocycles. The molecule has 0 unspecified atom stereocenters. The predicted molar refractivity (Wildman–Crippen MR) is 181 cm³/mol. The summed E-state index contributed by atoms with van der Waals surface area (Å²) in [4.78, 5) is 32.4. The Labute approximate surface area is 273 Å². The first-order valence-electron chi connectivity index (χ1n) is 14.6. The van der Waals surface area contributed by atoms with E-state index in [0.717, 1.165) is 44.0 Å². The molecule has 0 spiro atoms. The van der Waals surface area contributed by atoms with Crippen LogP contribution in [0.2, 0.25) is 0 Å². The van der Waals surface area contributed by atoms with Gasteiger partial charge in [-0.2, -0.15) is 0 Å². The van der Waals surface area contributed by atoms with Crippen LogP contribution in [0.1, 0.15) is 47.5 Å². The molecule has 1 atom stereocenters. The fourth-order valence-corrected chi connectivity index (χ4v) is 7.00. The number of nitrogens with zero attached hydrogens (tertiary/aromatic N) is 3. The summed E-state index contributed by atoms with van der Waals surface area (Å²) >= 11 is 4.80. The number of carbonyl (C=O) groups is 1. The number of carbonyl (C=O) groups excluding carboxylic acids is 1. The van der Waals surface area contributed by atoms with E-state index in [1.54, 1.807) is 4.57 Å². The number of hydrogen-bond acceptors (Lipinski definition) is 6. The first-order valence-corrected chi connectivity index (χ1v) is 16.2. The zero-order valence-electron chi connectivity index (χ0n) is 25.4. The summed E-state index contributed by atoms with van der Waals surface area (Å²) in [6.07, 6.45) is 2.46. The Hall–Kier alpha value is -4.47. The Kier molecular flexibility index (Phi) is 8.74. The number of hydrogen-bond donors (Lipinski definition) is 0. The van der Waals surface area contributed by atoms with Crippen molar-refractivity contribution in [3.63, 3.8) is 0 Å². The molecule has 0 radical (unpaired) electrons. The first kappa shape index (κ1) is 30.6.